The van der Waals surface area contributed by atoms with Crippen molar-refractivity contribution in [1.82, 2.24) is 10.3 Å². The summed E-state index contributed by atoms with van der Waals surface area (Å²) in [6.07, 6.45) is 8.19. The Bertz CT molecular complexity index is 907. The zero-order valence-corrected chi connectivity index (χ0v) is 17.5. The number of amides is 2. The molecule has 0 bridgehead atoms. The second kappa shape index (κ2) is 9.14. The Morgan fingerprint density at radius 1 is 1.06 bits per heavy atom. The number of hydrogen-bond acceptors (Lipinski definition) is 4. The molecule has 4 N–H and O–H groups in total. The van der Waals surface area contributed by atoms with E-state index in [0.29, 0.717) is 6.54 Å². The monoisotopic (exact) mass is 424 g/mol. The van der Waals surface area contributed by atoms with Gasteiger partial charge in [-0.2, -0.15) is 0 Å². The summed E-state index contributed by atoms with van der Waals surface area (Å²) < 4.78 is 13.2. The Morgan fingerprint density at radius 3 is 2.32 bits per heavy atom. The van der Waals surface area contributed by atoms with Crippen LogP contribution < -0.4 is 16.4 Å². The molecule has 31 heavy (non-hydrogen) atoms. The van der Waals surface area contributed by atoms with Crippen molar-refractivity contribution in [2.45, 2.75) is 50.0 Å². The predicted molar refractivity (Wildman–Crippen MR) is 117 cm³/mol. The van der Waals surface area contributed by atoms with Crippen LogP contribution in [-0.4, -0.2) is 29.4 Å². The van der Waals surface area contributed by atoms with Crippen LogP contribution in [0.4, 0.5) is 10.1 Å². The van der Waals surface area contributed by atoms with Crippen LogP contribution in [0.15, 0.2) is 48.8 Å². The Kier molecular flexibility index (Phi) is 6.32. The van der Waals surface area contributed by atoms with Crippen molar-refractivity contribution in [1.29, 1.82) is 0 Å². The maximum absolute atomic E-state index is 13.2. The topological polar surface area (TPSA) is 97.1 Å². The van der Waals surface area contributed by atoms with Gasteiger partial charge in [-0.15, -0.1) is 0 Å². The summed E-state index contributed by atoms with van der Waals surface area (Å²) in [6, 6.07) is 9.61. The summed E-state index contributed by atoms with van der Waals surface area (Å²) in [6.45, 7) is 0.417. The number of anilines is 1. The van der Waals surface area contributed by atoms with E-state index in [-0.39, 0.29) is 35.5 Å². The van der Waals surface area contributed by atoms with Crippen molar-refractivity contribution in [3.05, 3.63) is 60.2 Å². The number of halogens is 1. The molecule has 1 aromatic carbocycles. The van der Waals surface area contributed by atoms with Gasteiger partial charge in [-0.25, -0.2) is 4.39 Å². The SMILES string of the molecule is NC(CNC(=O)C1(c2ccc(F)cc2)CC1)[C@H]1CC[C@H](C(=O)Nc2ccncc2)CC1. The van der Waals surface area contributed by atoms with E-state index < -0.39 is 5.41 Å². The molecule has 2 fully saturated rings. The van der Waals surface area contributed by atoms with Gasteiger partial charge in [-0.05, 0) is 74.3 Å². The highest BCUT2D eigenvalue weighted by molar-refractivity contribution is 5.92. The maximum Gasteiger partial charge on any atom is 0.230 e. The molecule has 6 nitrogen and oxygen atoms in total. The quantitative estimate of drug-likeness (QED) is 0.636. The lowest BCUT2D eigenvalue weighted by Gasteiger charge is -2.32. The Morgan fingerprint density at radius 2 is 1.71 bits per heavy atom. The van der Waals surface area contributed by atoms with Crippen LogP contribution in [0, 0.1) is 17.7 Å². The van der Waals surface area contributed by atoms with E-state index in [4.69, 9.17) is 5.73 Å². The first-order valence-electron chi connectivity index (χ1n) is 11.0. The number of rotatable bonds is 7. The summed E-state index contributed by atoms with van der Waals surface area (Å²) >= 11 is 0. The number of nitrogens with one attached hydrogen (secondary N) is 2. The first-order valence-corrected chi connectivity index (χ1v) is 11.0. The van der Waals surface area contributed by atoms with Gasteiger partial charge in [0.2, 0.25) is 11.8 Å². The number of pyridine rings is 1. The van der Waals surface area contributed by atoms with E-state index in [0.717, 1.165) is 49.8 Å². The molecule has 2 saturated carbocycles. The standard InChI is InChI=1S/C24H29FN4O2/c25-19-7-5-18(6-8-19)24(11-12-24)23(31)28-15-21(26)16-1-3-17(4-2-16)22(30)29-20-9-13-27-14-10-20/h5-10,13-14,16-17,21H,1-4,11-12,15,26H2,(H,28,31)(H,27,29,30)/t16-,17-,21?. The second-order valence-electron chi connectivity index (χ2n) is 8.80. The molecule has 0 saturated heterocycles. The third-order valence-electron chi connectivity index (χ3n) is 6.78. The maximum atomic E-state index is 13.2. The zero-order valence-electron chi connectivity index (χ0n) is 17.5. The third-order valence-corrected chi connectivity index (χ3v) is 6.78. The minimum Gasteiger partial charge on any atom is -0.354 e. The van der Waals surface area contributed by atoms with Gasteiger partial charge in [0.05, 0.1) is 5.41 Å². The molecule has 1 atom stereocenters. The molecule has 0 radical (unpaired) electrons. The first-order chi connectivity index (χ1) is 15.0. The average Bonchev–Trinajstić information content (AvgIpc) is 3.60. The van der Waals surface area contributed by atoms with Gasteiger partial charge in [-0.1, -0.05) is 12.1 Å². The van der Waals surface area contributed by atoms with Crippen LogP contribution in [-0.2, 0) is 15.0 Å². The summed E-state index contributed by atoms with van der Waals surface area (Å²) in [7, 11) is 0. The molecule has 2 amide bonds. The van der Waals surface area contributed by atoms with Gasteiger partial charge in [0.25, 0.3) is 0 Å². The molecular formula is C24H29FN4O2. The molecule has 7 heteroatoms. The minimum absolute atomic E-state index is 0.0144. The van der Waals surface area contributed by atoms with Crippen LogP contribution in [0.5, 0.6) is 0 Å². The van der Waals surface area contributed by atoms with Gasteiger partial charge in [0.1, 0.15) is 5.82 Å². The lowest BCUT2D eigenvalue weighted by molar-refractivity contribution is -0.123. The molecule has 0 aliphatic heterocycles. The fraction of sp³-hybridized carbons (Fsp3) is 0.458. The van der Waals surface area contributed by atoms with Crippen LogP contribution in [0.25, 0.3) is 0 Å². The third kappa shape index (κ3) is 4.93. The normalized spacial score (nSPS) is 22.9. The number of carbonyl (C=O) groups excluding carboxylic acids is 2. The summed E-state index contributed by atoms with van der Waals surface area (Å²) in [4.78, 5) is 29.2. The molecular weight excluding hydrogens is 395 g/mol. The Balaban J connectivity index is 1.23. The predicted octanol–water partition coefficient (Wildman–Crippen LogP) is 3.14. The molecule has 1 unspecified atom stereocenters. The van der Waals surface area contributed by atoms with Crippen molar-refractivity contribution in [2.75, 3.05) is 11.9 Å². The molecule has 0 spiro atoms. The molecule has 2 aliphatic carbocycles. The molecule has 164 valence electrons. The van der Waals surface area contributed by atoms with Crippen LogP contribution in [0.3, 0.4) is 0 Å². The number of carbonyl (C=O) groups is 2. The van der Waals surface area contributed by atoms with Crippen molar-refractivity contribution >= 4 is 17.5 Å². The highest BCUT2D eigenvalue weighted by Crippen LogP contribution is 2.48. The Hall–Kier alpha value is -2.80. The smallest absolute Gasteiger partial charge is 0.230 e. The summed E-state index contributed by atoms with van der Waals surface area (Å²) in [5.74, 6) is -0.0147. The molecule has 2 aromatic rings. The number of hydrogen-bond donors (Lipinski definition) is 3. The second-order valence-corrected chi connectivity index (χ2v) is 8.80. The van der Waals surface area contributed by atoms with Crippen molar-refractivity contribution in [3.8, 4) is 0 Å². The van der Waals surface area contributed by atoms with Crippen LogP contribution in [0.1, 0.15) is 44.1 Å². The van der Waals surface area contributed by atoms with Gasteiger partial charge in [-0.3, -0.25) is 14.6 Å². The van der Waals surface area contributed by atoms with Crippen LogP contribution >= 0.6 is 0 Å². The summed E-state index contributed by atoms with van der Waals surface area (Å²) in [5.41, 5.74) is 7.48. The molecule has 1 heterocycles. The van der Waals surface area contributed by atoms with Gasteiger partial charge < -0.3 is 16.4 Å². The number of aromatic nitrogens is 1. The lowest BCUT2D eigenvalue weighted by atomic mass is 9.78. The zero-order chi connectivity index (χ0) is 21.8. The van der Waals surface area contributed by atoms with Gasteiger partial charge in [0.15, 0.2) is 0 Å². The van der Waals surface area contributed by atoms with E-state index in [2.05, 4.69) is 15.6 Å². The molecule has 2 aliphatic rings. The van der Waals surface area contributed by atoms with E-state index in [1.807, 2.05) is 0 Å². The fourth-order valence-electron chi connectivity index (χ4n) is 4.58. The van der Waals surface area contributed by atoms with E-state index >= 15 is 0 Å². The highest BCUT2D eigenvalue weighted by Gasteiger charge is 2.51. The molecule has 1 aromatic heterocycles. The first kappa shape index (κ1) is 21.4. The van der Waals surface area contributed by atoms with Crippen molar-refractivity contribution in [3.63, 3.8) is 0 Å². The average molecular weight is 425 g/mol. The fourth-order valence-corrected chi connectivity index (χ4v) is 4.58. The van der Waals surface area contributed by atoms with E-state index in [9.17, 15) is 14.0 Å². The van der Waals surface area contributed by atoms with Gasteiger partial charge >= 0.3 is 0 Å². The number of nitrogens with zero attached hydrogens (tertiary/aromatic N) is 1. The molecule has 4 rings (SSSR count). The van der Waals surface area contributed by atoms with Crippen molar-refractivity contribution in [2.24, 2.45) is 17.6 Å². The minimum atomic E-state index is -0.532. The highest BCUT2D eigenvalue weighted by atomic mass is 19.1. The largest absolute Gasteiger partial charge is 0.354 e. The summed E-state index contributed by atoms with van der Waals surface area (Å²) in [5, 5.41) is 5.97. The van der Waals surface area contributed by atoms with E-state index in [1.165, 1.54) is 12.1 Å². The lowest BCUT2D eigenvalue weighted by Crippen LogP contribution is -2.46. The van der Waals surface area contributed by atoms with Crippen molar-refractivity contribution < 1.29 is 14.0 Å². The van der Waals surface area contributed by atoms with Gasteiger partial charge in [0, 0.05) is 36.6 Å². The Labute approximate surface area is 181 Å². The van der Waals surface area contributed by atoms with E-state index in [1.54, 1.807) is 36.7 Å². The number of benzene rings is 1. The number of nitrogens with two attached hydrogens (primary N) is 1. The van der Waals surface area contributed by atoms with Crippen LogP contribution in [0.2, 0.25) is 0 Å².